The molecule has 1 saturated heterocycles. The molecule has 2 fully saturated rings. The highest BCUT2D eigenvalue weighted by Gasteiger charge is 2.47. The van der Waals surface area contributed by atoms with Gasteiger partial charge >= 0.3 is 0 Å². The molecule has 6 nitrogen and oxygen atoms in total. The minimum atomic E-state index is -0.394. The van der Waals surface area contributed by atoms with Crippen LogP contribution in [0.4, 0.5) is 0 Å². The average Bonchev–Trinajstić information content (AvgIpc) is 3.72. The molecular weight excluding hydrogens is 516 g/mol. The van der Waals surface area contributed by atoms with Crippen LogP contribution < -0.4 is 5.32 Å². The Bertz CT molecular complexity index is 1270. The molecule has 210 valence electrons. The Morgan fingerprint density at radius 2 is 1.60 bits per heavy atom. The van der Waals surface area contributed by atoms with Crippen molar-refractivity contribution < 1.29 is 9.59 Å². The number of carbonyl (C=O) groups is 2. The van der Waals surface area contributed by atoms with Crippen LogP contribution >= 0.6 is 11.3 Å². The summed E-state index contributed by atoms with van der Waals surface area (Å²) in [6.45, 7) is 6.93. The number of nitrogens with zero attached hydrogens (tertiary/aromatic N) is 3. The lowest BCUT2D eigenvalue weighted by molar-refractivity contribution is -0.124. The molecule has 3 aromatic rings. The van der Waals surface area contributed by atoms with E-state index in [1.165, 1.54) is 5.56 Å². The van der Waals surface area contributed by atoms with Gasteiger partial charge in [-0.3, -0.25) is 14.5 Å². The summed E-state index contributed by atoms with van der Waals surface area (Å²) in [6.07, 6.45) is 5.24. The van der Waals surface area contributed by atoms with Crippen LogP contribution in [0.2, 0.25) is 0 Å². The van der Waals surface area contributed by atoms with Crippen LogP contribution in [0.3, 0.4) is 0 Å². The van der Waals surface area contributed by atoms with Crippen LogP contribution in [0.15, 0.2) is 72.1 Å². The molecule has 1 aromatic heterocycles. The molecule has 3 heterocycles. The summed E-state index contributed by atoms with van der Waals surface area (Å²) < 4.78 is 0. The maximum absolute atomic E-state index is 13.9. The summed E-state index contributed by atoms with van der Waals surface area (Å²) >= 11 is 1.65. The van der Waals surface area contributed by atoms with E-state index in [1.807, 2.05) is 30.3 Å². The molecule has 2 aliphatic heterocycles. The maximum atomic E-state index is 13.9. The van der Waals surface area contributed by atoms with Gasteiger partial charge in [0.2, 0.25) is 5.91 Å². The lowest BCUT2D eigenvalue weighted by Crippen LogP contribution is -2.51. The molecule has 0 bridgehead atoms. The van der Waals surface area contributed by atoms with Crippen LogP contribution in [0.25, 0.3) is 0 Å². The second kappa shape index (κ2) is 12.7. The minimum Gasteiger partial charge on any atom is -0.355 e. The van der Waals surface area contributed by atoms with Crippen molar-refractivity contribution in [2.75, 3.05) is 39.3 Å². The van der Waals surface area contributed by atoms with Gasteiger partial charge in [-0.25, -0.2) is 0 Å². The van der Waals surface area contributed by atoms with Gasteiger partial charge < -0.3 is 15.1 Å². The smallest absolute Gasteiger partial charge is 0.254 e. The number of rotatable bonds is 9. The zero-order chi connectivity index (χ0) is 27.3. The predicted molar refractivity (Wildman–Crippen MR) is 160 cm³/mol. The first-order valence-electron chi connectivity index (χ1n) is 14.9. The Labute approximate surface area is 242 Å². The summed E-state index contributed by atoms with van der Waals surface area (Å²) in [6, 6.07) is 22.5. The van der Waals surface area contributed by atoms with E-state index in [4.69, 9.17) is 0 Å². The first-order chi connectivity index (χ1) is 19.7. The normalized spacial score (nSPS) is 22.4. The van der Waals surface area contributed by atoms with Crippen LogP contribution in [0.5, 0.6) is 0 Å². The highest BCUT2D eigenvalue weighted by molar-refractivity contribution is 7.10. The van der Waals surface area contributed by atoms with Gasteiger partial charge in [0, 0.05) is 55.8 Å². The Balaban J connectivity index is 1.09. The molecule has 1 N–H and O–H groups in total. The summed E-state index contributed by atoms with van der Waals surface area (Å²) in [5, 5.41) is 5.34. The van der Waals surface area contributed by atoms with Crippen molar-refractivity contribution in [1.82, 2.24) is 20.0 Å². The molecule has 0 spiro atoms. The van der Waals surface area contributed by atoms with Crippen LogP contribution in [0.1, 0.15) is 70.4 Å². The van der Waals surface area contributed by atoms with Crippen LogP contribution in [-0.4, -0.2) is 71.8 Å². The lowest BCUT2D eigenvalue weighted by Gasteiger charge is -2.44. The van der Waals surface area contributed by atoms with Crippen molar-refractivity contribution >= 4 is 23.2 Å². The molecule has 40 heavy (non-hydrogen) atoms. The average molecular weight is 557 g/mol. The van der Waals surface area contributed by atoms with Gasteiger partial charge in [0.05, 0.1) is 12.0 Å². The predicted octanol–water partition coefficient (Wildman–Crippen LogP) is 5.30. The molecule has 0 unspecified atom stereocenters. The number of hydrogen-bond donors (Lipinski definition) is 1. The van der Waals surface area contributed by atoms with Gasteiger partial charge in [-0.1, -0.05) is 67.4 Å². The van der Waals surface area contributed by atoms with E-state index in [0.717, 1.165) is 81.8 Å². The summed E-state index contributed by atoms with van der Waals surface area (Å²) in [4.78, 5) is 36.0. The third-order valence-electron chi connectivity index (χ3n) is 8.88. The van der Waals surface area contributed by atoms with Crippen molar-refractivity contribution in [2.24, 2.45) is 0 Å². The molecule has 1 aliphatic carbocycles. The van der Waals surface area contributed by atoms with Gasteiger partial charge in [0.15, 0.2) is 0 Å². The zero-order valence-electron chi connectivity index (χ0n) is 23.2. The summed E-state index contributed by atoms with van der Waals surface area (Å²) in [5.74, 6) is -0.278. The minimum absolute atomic E-state index is 0.0361. The molecule has 7 heteroatoms. The van der Waals surface area contributed by atoms with E-state index in [-0.39, 0.29) is 23.9 Å². The molecule has 3 aliphatic rings. The van der Waals surface area contributed by atoms with Gasteiger partial charge in [-0.2, -0.15) is 0 Å². The second-order valence-corrected chi connectivity index (χ2v) is 12.4. The van der Waals surface area contributed by atoms with E-state index in [1.54, 1.807) is 11.3 Å². The van der Waals surface area contributed by atoms with Crippen LogP contribution in [0, 0.1) is 0 Å². The molecule has 2 amide bonds. The fraction of sp³-hybridized carbons (Fsp3) is 0.455. The largest absolute Gasteiger partial charge is 0.355 e. The summed E-state index contributed by atoms with van der Waals surface area (Å²) in [5.41, 5.74) is 2.93. The molecular formula is C33H40N4O2S. The number of nitrogens with one attached hydrogen (secondary N) is 1. The van der Waals surface area contributed by atoms with Crippen molar-refractivity contribution in [2.45, 2.75) is 56.7 Å². The van der Waals surface area contributed by atoms with Gasteiger partial charge in [0.1, 0.15) is 0 Å². The zero-order valence-corrected chi connectivity index (χ0v) is 24.0. The number of thiophene rings is 1. The highest BCUT2D eigenvalue weighted by Crippen LogP contribution is 2.47. The van der Waals surface area contributed by atoms with Gasteiger partial charge in [-0.15, -0.1) is 11.3 Å². The first-order valence-corrected chi connectivity index (χ1v) is 15.8. The number of amides is 2. The van der Waals surface area contributed by atoms with Crippen molar-refractivity contribution in [3.8, 4) is 0 Å². The maximum Gasteiger partial charge on any atom is 0.254 e. The van der Waals surface area contributed by atoms with Gasteiger partial charge in [0.25, 0.3) is 5.91 Å². The van der Waals surface area contributed by atoms with Crippen LogP contribution in [-0.2, 0) is 11.3 Å². The second-order valence-electron chi connectivity index (χ2n) is 11.4. The standard InChI is InChI=1S/C33H40N4O2S/c38-32(34-17-9-18-35-19-21-36(22-20-35)24-25-10-2-1-3-11-25)30-27-14-6-7-15-28(27)33(39)37(26-12-4-5-13-26)31(30)29-16-8-23-40-29/h1-3,6-8,10-11,14-16,23,26,30-31H,4-5,9,12-13,17-22,24H2,(H,34,38)/t30-,31-/m0/s1. The molecule has 0 radical (unpaired) electrons. The third-order valence-corrected chi connectivity index (χ3v) is 9.82. The van der Waals surface area contributed by atoms with Gasteiger partial charge in [-0.05, 0) is 54.4 Å². The van der Waals surface area contributed by atoms with Crippen molar-refractivity contribution in [3.63, 3.8) is 0 Å². The number of fused-ring (bicyclic) bond motifs is 1. The molecule has 2 atom stereocenters. The summed E-state index contributed by atoms with van der Waals surface area (Å²) in [7, 11) is 0. The molecule has 2 aromatic carbocycles. The van der Waals surface area contributed by atoms with E-state index >= 15 is 0 Å². The Kier molecular flexibility index (Phi) is 8.61. The Morgan fingerprint density at radius 1 is 0.875 bits per heavy atom. The number of benzene rings is 2. The van der Waals surface area contributed by atoms with E-state index in [0.29, 0.717) is 12.1 Å². The first kappa shape index (κ1) is 27.2. The van der Waals surface area contributed by atoms with E-state index in [2.05, 4.69) is 61.8 Å². The number of carbonyl (C=O) groups excluding carboxylic acids is 2. The van der Waals surface area contributed by atoms with E-state index in [9.17, 15) is 9.59 Å². The number of piperazine rings is 1. The highest BCUT2D eigenvalue weighted by atomic mass is 32.1. The fourth-order valence-electron chi connectivity index (χ4n) is 6.82. The Morgan fingerprint density at radius 3 is 2.35 bits per heavy atom. The number of hydrogen-bond acceptors (Lipinski definition) is 5. The topological polar surface area (TPSA) is 55.9 Å². The fourth-order valence-corrected chi connectivity index (χ4v) is 7.68. The molecule has 6 rings (SSSR count). The Hall–Kier alpha value is -3.00. The molecule has 1 saturated carbocycles. The quantitative estimate of drug-likeness (QED) is 0.364. The monoisotopic (exact) mass is 556 g/mol. The van der Waals surface area contributed by atoms with Crippen molar-refractivity contribution in [1.29, 1.82) is 0 Å². The van der Waals surface area contributed by atoms with Crippen molar-refractivity contribution in [3.05, 3.63) is 93.7 Å². The third kappa shape index (κ3) is 5.87. The van der Waals surface area contributed by atoms with E-state index < -0.39 is 5.92 Å². The SMILES string of the molecule is O=C(NCCCN1CCN(Cc2ccccc2)CC1)[C@H]1c2ccccc2C(=O)N(C2CCCC2)[C@H]1c1cccs1. The lowest BCUT2D eigenvalue weighted by atomic mass is 9.80.